The fourth-order valence-electron chi connectivity index (χ4n) is 8.18. The van der Waals surface area contributed by atoms with Crippen LogP contribution in [0.15, 0.2) is 36.4 Å². The highest BCUT2D eigenvalue weighted by atomic mass is 31.2. The third-order valence-corrected chi connectivity index (χ3v) is 14.1. The maximum Gasteiger partial charge on any atom is 0.365 e. The summed E-state index contributed by atoms with van der Waals surface area (Å²) in [6.07, 6.45) is 1.61. The molecule has 0 unspecified atom stereocenters. The first-order valence-corrected chi connectivity index (χ1v) is 19.8. The summed E-state index contributed by atoms with van der Waals surface area (Å²) in [6.45, 7) is 21.0. The molecule has 0 saturated carbocycles. The topological polar surface area (TPSA) is 89.5 Å². The molecule has 2 heterocycles. The summed E-state index contributed by atoms with van der Waals surface area (Å²) >= 11 is 0. The molecule has 1 spiro atoms. The lowest BCUT2D eigenvalue weighted by molar-refractivity contribution is 0.228. The van der Waals surface area contributed by atoms with Gasteiger partial charge in [0.25, 0.3) is 0 Å². The molecule has 47 heavy (non-hydrogen) atoms. The summed E-state index contributed by atoms with van der Waals surface area (Å²) < 4.78 is 66.2. The molecular weight excluding hydrogens is 634 g/mol. The molecule has 0 amide bonds. The second kappa shape index (κ2) is 11.9. The standard InChI is InChI=1S/C37H48O8P2/c1-11-40-46(38,41-12-2)33-19-25-27-17-31(33)44-29-15-24(6)30(16-23(29)5)45-32-18-28-26(20-34(32)47(39,42-13-3)43-14-4)36(9,10)22-37(27,28)21-35(25,7)8/h15-20H,11-14,21-22H2,1-10H3. The molecule has 0 radical (unpaired) electrons. The number of rotatable bonds is 10. The Morgan fingerprint density at radius 1 is 0.553 bits per heavy atom. The van der Waals surface area contributed by atoms with Crippen LogP contribution in [0.3, 0.4) is 0 Å². The molecule has 8 nitrogen and oxygen atoms in total. The first kappa shape index (κ1) is 34.4. The highest BCUT2D eigenvalue weighted by Crippen LogP contribution is 2.65. The highest BCUT2D eigenvalue weighted by molar-refractivity contribution is 7.62. The van der Waals surface area contributed by atoms with Gasteiger partial charge in [0.15, 0.2) is 0 Å². The molecule has 0 saturated heterocycles. The maximum absolute atomic E-state index is 14.5. The van der Waals surface area contributed by atoms with Crippen LogP contribution in [0.2, 0.25) is 0 Å². The van der Waals surface area contributed by atoms with Gasteiger partial charge in [0.05, 0.1) is 26.4 Å². The molecule has 254 valence electrons. The van der Waals surface area contributed by atoms with E-state index in [1.807, 2.05) is 65.8 Å². The van der Waals surface area contributed by atoms with Crippen LogP contribution in [0.5, 0.6) is 23.0 Å². The molecule has 7 rings (SSSR count). The average Bonchev–Trinajstić information content (AvgIpc) is 3.33. The van der Waals surface area contributed by atoms with Gasteiger partial charge in [-0.2, -0.15) is 0 Å². The minimum Gasteiger partial charge on any atom is -0.456 e. The Labute approximate surface area is 279 Å². The van der Waals surface area contributed by atoms with E-state index in [-0.39, 0.29) is 37.3 Å². The van der Waals surface area contributed by atoms with Crippen molar-refractivity contribution < 1.29 is 36.7 Å². The predicted molar refractivity (Wildman–Crippen MR) is 186 cm³/mol. The molecule has 0 N–H and O–H groups in total. The highest BCUT2D eigenvalue weighted by Gasteiger charge is 2.58. The Bertz CT molecular complexity index is 1690. The van der Waals surface area contributed by atoms with E-state index in [4.69, 9.17) is 27.6 Å². The Hall–Kier alpha value is -2.44. The van der Waals surface area contributed by atoms with Crippen LogP contribution < -0.4 is 20.1 Å². The van der Waals surface area contributed by atoms with Crippen molar-refractivity contribution in [1.29, 1.82) is 0 Å². The molecule has 2 aliphatic heterocycles. The Kier molecular flexibility index (Phi) is 8.69. The summed E-state index contributed by atoms with van der Waals surface area (Å²) in [5, 5.41) is 0.862. The fourth-order valence-corrected chi connectivity index (χ4v) is 11.6. The van der Waals surface area contributed by atoms with Crippen LogP contribution in [0.4, 0.5) is 0 Å². The average molecular weight is 683 g/mol. The molecule has 0 fully saturated rings. The van der Waals surface area contributed by atoms with Gasteiger partial charge < -0.3 is 27.6 Å². The fraction of sp³-hybridized carbons (Fsp3) is 0.514. The summed E-state index contributed by atoms with van der Waals surface area (Å²) in [7, 11) is -7.49. The number of benzene rings is 3. The first-order valence-electron chi connectivity index (χ1n) is 16.7. The van der Waals surface area contributed by atoms with Gasteiger partial charge in [-0.15, -0.1) is 0 Å². The lowest BCUT2D eigenvalue weighted by Crippen LogP contribution is -2.27. The molecule has 10 heteroatoms. The Morgan fingerprint density at radius 3 is 1.21 bits per heavy atom. The van der Waals surface area contributed by atoms with Crippen LogP contribution in [0, 0.1) is 13.8 Å². The number of ether oxygens (including phenoxy) is 2. The van der Waals surface area contributed by atoms with E-state index in [0.717, 1.165) is 46.2 Å². The normalized spacial score (nSPS) is 18.3. The van der Waals surface area contributed by atoms with Gasteiger partial charge in [-0.3, -0.25) is 9.13 Å². The molecule has 0 aromatic heterocycles. The number of fused-ring (bicyclic) bond motifs is 2. The summed E-state index contributed by atoms with van der Waals surface area (Å²) in [4.78, 5) is 0. The van der Waals surface area contributed by atoms with Gasteiger partial charge in [0.1, 0.15) is 33.6 Å². The van der Waals surface area contributed by atoms with Crippen molar-refractivity contribution in [1.82, 2.24) is 0 Å². The number of hydrogen-bond donors (Lipinski definition) is 0. The SMILES string of the molecule is CCOP(=O)(OCC)c1cc2c3cc1Oc1cc(C)c(cc1C)Oc1cc4c(cc1P(=O)(OCC)OCC)C(C)(C)CC34CC2(C)C. The van der Waals surface area contributed by atoms with Crippen LogP contribution in [0.1, 0.15) is 102 Å². The van der Waals surface area contributed by atoms with E-state index in [0.29, 0.717) is 33.6 Å². The maximum atomic E-state index is 14.5. The Morgan fingerprint density at radius 2 is 0.894 bits per heavy atom. The zero-order valence-electron chi connectivity index (χ0n) is 29.4. The molecule has 6 bridgehead atoms. The summed E-state index contributed by atoms with van der Waals surface area (Å²) in [5.74, 6) is 2.13. The van der Waals surface area contributed by atoms with E-state index in [1.165, 1.54) is 0 Å². The minimum atomic E-state index is -3.74. The number of aryl methyl sites for hydroxylation is 2. The van der Waals surface area contributed by atoms with E-state index < -0.39 is 20.6 Å². The molecule has 4 aliphatic rings. The van der Waals surface area contributed by atoms with Crippen LogP contribution in [-0.2, 0) is 43.5 Å². The second-order valence-electron chi connectivity index (χ2n) is 14.2. The van der Waals surface area contributed by atoms with Crippen molar-refractivity contribution in [3.8, 4) is 23.0 Å². The van der Waals surface area contributed by atoms with Crippen LogP contribution >= 0.6 is 15.2 Å². The van der Waals surface area contributed by atoms with Gasteiger partial charge in [-0.1, -0.05) is 27.7 Å². The predicted octanol–water partition coefficient (Wildman–Crippen LogP) is 9.63. The molecule has 3 aromatic carbocycles. The van der Waals surface area contributed by atoms with Crippen LogP contribution in [0.25, 0.3) is 0 Å². The third-order valence-electron chi connectivity index (χ3n) is 9.87. The molecule has 3 aromatic rings. The smallest absolute Gasteiger partial charge is 0.365 e. The lowest BCUT2D eigenvalue weighted by atomic mass is 9.72. The van der Waals surface area contributed by atoms with Crippen molar-refractivity contribution >= 4 is 25.8 Å². The molecule has 2 aliphatic carbocycles. The van der Waals surface area contributed by atoms with E-state index in [9.17, 15) is 9.13 Å². The van der Waals surface area contributed by atoms with Gasteiger partial charge in [0, 0.05) is 5.41 Å². The van der Waals surface area contributed by atoms with E-state index in [2.05, 4.69) is 39.8 Å². The van der Waals surface area contributed by atoms with Crippen LogP contribution in [-0.4, -0.2) is 26.4 Å². The van der Waals surface area contributed by atoms with Crippen molar-refractivity contribution in [3.63, 3.8) is 0 Å². The Balaban J connectivity index is 1.75. The zero-order valence-corrected chi connectivity index (χ0v) is 31.2. The third kappa shape index (κ3) is 5.44. The monoisotopic (exact) mass is 682 g/mol. The van der Waals surface area contributed by atoms with E-state index in [1.54, 1.807) is 0 Å². The van der Waals surface area contributed by atoms with Gasteiger partial charge in [-0.05, 0) is 135 Å². The summed E-state index contributed by atoms with van der Waals surface area (Å²) in [5.41, 5.74) is 5.02. The largest absolute Gasteiger partial charge is 0.456 e. The van der Waals surface area contributed by atoms with Gasteiger partial charge in [0.2, 0.25) is 0 Å². The minimum absolute atomic E-state index is 0.228. The van der Waals surface area contributed by atoms with Gasteiger partial charge >= 0.3 is 15.2 Å². The number of hydrogen-bond acceptors (Lipinski definition) is 8. The zero-order chi connectivity index (χ0) is 34.2. The van der Waals surface area contributed by atoms with Crippen molar-refractivity contribution in [2.75, 3.05) is 26.4 Å². The van der Waals surface area contributed by atoms with Gasteiger partial charge in [-0.25, -0.2) is 0 Å². The second-order valence-corrected chi connectivity index (χ2v) is 18.2. The van der Waals surface area contributed by atoms with Crippen molar-refractivity contribution in [2.45, 2.75) is 98.3 Å². The van der Waals surface area contributed by atoms with Crippen molar-refractivity contribution in [3.05, 3.63) is 69.8 Å². The molecular formula is C37H48O8P2. The summed E-state index contributed by atoms with van der Waals surface area (Å²) in [6, 6.07) is 12.0. The quantitative estimate of drug-likeness (QED) is 0.195. The van der Waals surface area contributed by atoms with Crippen molar-refractivity contribution in [2.24, 2.45) is 0 Å². The first-order chi connectivity index (χ1) is 22.1. The molecule has 0 atom stereocenters. The van der Waals surface area contributed by atoms with E-state index >= 15 is 0 Å². The lowest BCUT2D eigenvalue weighted by Gasteiger charge is -2.31.